The molecule has 0 fully saturated rings. The van der Waals surface area contributed by atoms with Crippen LogP contribution in [0.2, 0.25) is 0 Å². The second-order valence-electron chi connectivity index (χ2n) is 12.4. The van der Waals surface area contributed by atoms with Gasteiger partial charge in [-0.1, -0.05) is 82.9 Å². The summed E-state index contributed by atoms with van der Waals surface area (Å²) >= 11 is 0. The van der Waals surface area contributed by atoms with Crippen LogP contribution in [0.25, 0.3) is 16.7 Å². The van der Waals surface area contributed by atoms with Crippen LogP contribution in [-0.4, -0.2) is 0 Å². The molecule has 0 unspecified atom stereocenters. The normalized spacial score (nSPS) is 11.2. The molecule has 7 rings (SSSR count). The summed E-state index contributed by atoms with van der Waals surface area (Å²) in [6.07, 6.45) is 0. The maximum atomic E-state index is 10.1. The van der Waals surface area contributed by atoms with Crippen LogP contribution in [0.3, 0.4) is 0 Å². The molecule has 4 heteroatoms. The molecule has 1 aliphatic carbocycles. The van der Waals surface area contributed by atoms with Crippen LogP contribution in [0.1, 0.15) is 33.4 Å². The number of nitrogens with zero attached hydrogens (tertiary/aromatic N) is 4. The lowest BCUT2D eigenvalue weighted by molar-refractivity contribution is 1.26. The largest absolute Gasteiger partial charge is 0.310 e. The Hall–Kier alpha value is -6.36. The zero-order chi connectivity index (χ0) is 33.4. The van der Waals surface area contributed by atoms with E-state index in [0.29, 0.717) is 5.57 Å². The number of rotatable bonds is 6. The van der Waals surface area contributed by atoms with E-state index >= 15 is 0 Å². The van der Waals surface area contributed by atoms with Crippen molar-refractivity contribution < 1.29 is 0 Å². The molecule has 6 aromatic rings. The van der Waals surface area contributed by atoms with Crippen molar-refractivity contribution in [2.24, 2.45) is 0 Å². The number of hydrogen-bond donors (Lipinski definition) is 0. The highest BCUT2D eigenvalue weighted by molar-refractivity contribution is 6.06. The van der Waals surface area contributed by atoms with Gasteiger partial charge in [-0.2, -0.15) is 10.5 Å². The minimum absolute atomic E-state index is 0.110. The first-order valence-corrected chi connectivity index (χ1v) is 16.1. The SMILES string of the molecule is Cc1ccc(N(c2ccc(C)cc2)c2ccc3c(c2)-c2cc(N(c4ccc(C)cc4)c4ccc(C)cc4)ccc2C3=C(C#N)C#N)cc1. The monoisotopic (exact) mass is 618 g/mol. The summed E-state index contributed by atoms with van der Waals surface area (Å²) in [5.41, 5.74) is 15.5. The van der Waals surface area contributed by atoms with Crippen molar-refractivity contribution in [3.63, 3.8) is 0 Å². The Morgan fingerprint density at radius 3 is 0.917 bits per heavy atom. The second-order valence-corrected chi connectivity index (χ2v) is 12.4. The zero-order valence-corrected chi connectivity index (χ0v) is 27.5. The Morgan fingerprint density at radius 1 is 0.375 bits per heavy atom. The molecular formula is C44H34N4. The Kier molecular flexibility index (Phi) is 7.85. The van der Waals surface area contributed by atoms with Gasteiger partial charge in [-0.25, -0.2) is 0 Å². The number of aryl methyl sites for hydroxylation is 4. The summed E-state index contributed by atoms with van der Waals surface area (Å²) in [6.45, 7) is 8.37. The van der Waals surface area contributed by atoms with Crippen molar-refractivity contribution in [3.8, 4) is 23.3 Å². The van der Waals surface area contributed by atoms with Crippen molar-refractivity contribution in [1.29, 1.82) is 10.5 Å². The molecule has 0 heterocycles. The zero-order valence-electron chi connectivity index (χ0n) is 27.5. The molecule has 0 saturated carbocycles. The van der Waals surface area contributed by atoms with Gasteiger partial charge in [-0.05, 0) is 123 Å². The minimum atomic E-state index is 0.110. The van der Waals surface area contributed by atoms with Crippen LogP contribution in [0.15, 0.2) is 139 Å². The molecule has 6 aromatic carbocycles. The quantitative estimate of drug-likeness (QED) is 0.174. The molecular weight excluding hydrogens is 585 g/mol. The fourth-order valence-electron chi connectivity index (χ4n) is 6.45. The van der Waals surface area contributed by atoms with Gasteiger partial charge in [-0.3, -0.25) is 0 Å². The fourth-order valence-corrected chi connectivity index (χ4v) is 6.45. The van der Waals surface area contributed by atoms with Crippen molar-refractivity contribution in [1.82, 2.24) is 0 Å². The Labute approximate surface area is 282 Å². The molecule has 4 nitrogen and oxygen atoms in total. The highest BCUT2D eigenvalue weighted by Crippen LogP contribution is 2.50. The first-order valence-electron chi connectivity index (χ1n) is 16.1. The highest BCUT2D eigenvalue weighted by atomic mass is 15.1. The van der Waals surface area contributed by atoms with Gasteiger partial charge in [0.05, 0.1) is 0 Å². The smallest absolute Gasteiger partial charge is 0.138 e. The predicted octanol–water partition coefficient (Wildman–Crippen LogP) is 11.7. The molecule has 0 aliphatic heterocycles. The maximum absolute atomic E-state index is 10.1. The lowest BCUT2D eigenvalue weighted by Crippen LogP contribution is -2.10. The van der Waals surface area contributed by atoms with Crippen molar-refractivity contribution in [2.45, 2.75) is 27.7 Å². The average molecular weight is 619 g/mol. The minimum Gasteiger partial charge on any atom is -0.310 e. The number of benzene rings is 6. The van der Waals surface area contributed by atoms with Gasteiger partial charge in [0, 0.05) is 39.7 Å². The summed E-state index contributed by atoms with van der Waals surface area (Å²) in [5, 5.41) is 20.1. The van der Waals surface area contributed by atoms with Crippen molar-refractivity contribution in [3.05, 3.63) is 172 Å². The van der Waals surface area contributed by atoms with Crippen LogP contribution < -0.4 is 9.80 Å². The summed E-state index contributed by atoms with van der Waals surface area (Å²) in [4.78, 5) is 4.51. The first kappa shape index (κ1) is 30.3. The standard InChI is InChI=1S/C44H34N4/c1-29-5-13-34(14-6-29)47(35-15-7-30(2)8-16-35)38-21-23-40-42(25-38)43-26-39(22-24-41(43)44(40)33(27-45)28-46)48(36-17-9-31(3)10-18-36)37-19-11-32(4)12-20-37/h5-26H,1-4H3. The highest BCUT2D eigenvalue weighted by Gasteiger charge is 2.29. The van der Waals surface area contributed by atoms with Gasteiger partial charge in [-0.15, -0.1) is 0 Å². The van der Waals surface area contributed by atoms with E-state index in [1.807, 2.05) is 0 Å². The number of hydrogen-bond acceptors (Lipinski definition) is 4. The van der Waals surface area contributed by atoms with Gasteiger partial charge in [0.15, 0.2) is 0 Å². The van der Waals surface area contributed by atoms with Crippen molar-refractivity contribution >= 4 is 39.7 Å². The molecule has 0 saturated heterocycles. The summed E-state index contributed by atoms with van der Waals surface area (Å²) in [5.74, 6) is 0. The summed E-state index contributed by atoms with van der Waals surface area (Å²) in [7, 11) is 0. The third-order valence-electron chi connectivity index (χ3n) is 8.99. The lowest BCUT2D eigenvalue weighted by atomic mass is 9.98. The van der Waals surface area contributed by atoms with Gasteiger partial charge in [0.2, 0.25) is 0 Å². The summed E-state index contributed by atoms with van der Waals surface area (Å²) < 4.78 is 0. The average Bonchev–Trinajstić information content (AvgIpc) is 3.42. The first-order chi connectivity index (χ1) is 23.3. The van der Waals surface area contributed by atoms with Crippen LogP contribution >= 0.6 is 0 Å². The van der Waals surface area contributed by atoms with Crippen LogP contribution in [0.5, 0.6) is 0 Å². The Morgan fingerprint density at radius 2 is 0.646 bits per heavy atom. The molecule has 0 radical (unpaired) electrons. The number of nitriles is 2. The molecule has 0 atom stereocenters. The molecule has 0 aromatic heterocycles. The van der Waals surface area contributed by atoms with Crippen molar-refractivity contribution in [2.75, 3.05) is 9.80 Å². The van der Waals surface area contributed by atoms with Gasteiger partial charge in [0.1, 0.15) is 17.7 Å². The third kappa shape index (κ3) is 5.51. The number of anilines is 6. The van der Waals surface area contributed by atoms with Crippen LogP contribution in [0, 0.1) is 50.4 Å². The molecule has 48 heavy (non-hydrogen) atoms. The van der Waals surface area contributed by atoms with Gasteiger partial charge < -0.3 is 9.80 Å². The Bertz CT molecular complexity index is 2010. The third-order valence-corrected chi connectivity index (χ3v) is 8.99. The van der Waals surface area contributed by atoms with E-state index < -0.39 is 0 Å². The van der Waals surface area contributed by atoms with E-state index in [-0.39, 0.29) is 5.57 Å². The van der Waals surface area contributed by atoms with E-state index in [0.717, 1.165) is 56.4 Å². The molecule has 0 bridgehead atoms. The summed E-state index contributed by atoms with van der Waals surface area (Å²) in [6, 6.07) is 51.2. The number of allylic oxidation sites excluding steroid dienone is 1. The molecule has 0 N–H and O–H groups in total. The maximum Gasteiger partial charge on any atom is 0.138 e. The van der Waals surface area contributed by atoms with E-state index in [2.05, 4.69) is 183 Å². The lowest BCUT2D eigenvalue weighted by Gasteiger charge is -2.27. The topological polar surface area (TPSA) is 54.1 Å². The van der Waals surface area contributed by atoms with E-state index in [4.69, 9.17) is 0 Å². The van der Waals surface area contributed by atoms with Crippen LogP contribution in [0.4, 0.5) is 34.1 Å². The second kappa shape index (κ2) is 12.4. The number of fused-ring (bicyclic) bond motifs is 3. The van der Waals surface area contributed by atoms with Gasteiger partial charge >= 0.3 is 0 Å². The van der Waals surface area contributed by atoms with E-state index in [1.165, 1.54) is 22.3 Å². The molecule has 0 spiro atoms. The van der Waals surface area contributed by atoms with Crippen LogP contribution in [-0.2, 0) is 0 Å². The molecule has 230 valence electrons. The van der Waals surface area contributed by atoms with Gasteiger partial charge in [0.25, 0.3) is 0 Å². The van der Waals surface area contributed by atoms with E-state index in [9.17, 15) is 10.5 Å². The molecule has 1 aliphatic rings. The van der Waals surface area contributed by atoms with E-state index in [1.54, 1.807) is 0 Å². The molecule has 0 amide bonds. The Balaban J connectivity index is 1.45. The predicted molar refractivity (Wildman–Crippen MR) is 197 cm³/mol. The fraction of sp³-hybridized carbons (Fsp3) is 0.0909.